The minimum atomic E-state index is -4.53. The van der Waals surface area contributed by atoms with Gasteiger partial charge in [0.2, 0.25) is 0 Å². The smallest absolute Gasteiger partial charge is 0.433 e. The van der Waals surface area contributed by atoms with Crippen molar-refractivity contribution < 1.29 is 17.9 Å². The third kappa shape index (κ3) is 5.37. The number of hydrogen-bond donors (Lipinski definition) is 0. The summed E-state index contributed by atoms with van der Waals surface area (Å²) in [5.74, 6) is 0.944. The van der Waals surface area contributed by atoms with E-state index in [0.717, 1.165) is 70.4 Å². The van der Waals surface area contributed by atoms with Crippen molar-refractivity contribution >= 4 is 11.3 Å². The van der Waals surface area contributed by atoms with E-state index in [1.165, 1.54) is 28.5 Å². The molecule has 0 spiro atoms. The van der Waals surface area contributed by atoms with Gasteiger partial charge in [0.15, 0.2) is 5.82 Å². The number of ether oxygens (including phenoxy) is 1. The lowest BCUT2D eigenvalue weighted by Crippen LogP contribution is -2.30. The van der Waals surface area contributed by atoms with Crippen LogP contribution in [-0.2, 0) is 32.3 Å². The molecule has 0 aliphatic carbocycles. The molecular formula is C30H26F3N5OS. The van der Waals surface area contributed by atoms with E-state index in [2.05, 4.69) is 39.0 Å². The molecule has 1 aliphatic heterocycles. The Morgan fingerprint density at radius 2 is 1.90 bits per heavy atom. The topological polar surface area (TPSA) is 56.1 Å². The third-order valence-corrected chi connectivity index (χ3v) is 8.06. The van der Waals surface area contributed by atoms with Gasteiger partial charge in [-0.3, -0.25) is 9.88 Å². The molecule has 10 heteroatoms. The van der Waals surface area contributed by atoms with Crippen LogP contribution < -0.4 is 4.74 Å². The van der Waals surface area contributed by atoms with Crippen LogP contribution in [0.3, 0.4) is 0 Å². The fraction of sp³-hybridized carbons (Fsp3) is 0.233. The molecule has 0 radical (unpaired) electrons. The highest BCUT2D eigenvalue weighted by molar-refractivity contribution is 7.13. The lowest BCUT2D eigenvalue weighted by Gasteiger charge is -2.30. The van der Waals surface area contributed by atoms with Gasteiger partial charge < -0.3 is 4.74 Å². The molecule has 0 N–H and O–H groups in total. The molecule has 5 heterocycles. The van der Waals surface area contributed by atoms with Crippen LogP contribution >= 0.6 is 11.3 Å². The van der Waals surface area contributed by atoms with E-state index in [0.29, 0.717) is 12.3 Å². The third-order valence-electron chi connectivity index (χ3n) is 7.08. The molecule has 40 heavy (non-hydrogen) atoms. The number of pyridine rings is 2. The zero-order chi connectivity index (χ0) is 27.7. The maximum atomic E-state index is 13.4. The SMILES string of the molecule is Cc1c(OCc2ccsc2-c2cccc(-n3nccc3C(F)(F)F)n2)ccc2c1CCN(Cc1ccccn1)C2. The summed E-state index contributed by atoms with van der Waals surface area (Å²) in [5, 5.41) is 5.79. The average molecular weight is 562 g/mol. The number of alkyl halides is 3. The van der Waals surface area contributed by atoms with Crippen molar-refractivity contribution in [2.24, 2.45) is 0 Å². The van der Waals surface area contributed by atoms with E-state index in [9.17, 15) is 13.2 Å². The van der Waals surface area contributed by atoms with Crippen molar-refractivity contribution in [3.8, 4) is 22.1 Å². The van der Waals surface area contributed by atoms with Crippen molar-refractivity contribution in [3.05, 3.63) is 112 Å². The van der Waals surface area contributed by atoms with Gasteiger partial charge in [-0.1, -0.05) is 18.2 Å². The Labute approximate surface area is 233 Å². The number of rotatable bonds is 7. The predicted octanol–water partition coefficient (Wildman–Crippen LogP) is 6.86. The molecule has 0 unspecified atom stereocenters. The Morgan fingerprint density at radius 3 is 2.73 bits per heavy atom. The Balaban J connectivity index is 1.17. The fourth-order valence-corrected chi connectivity index (χ4v) is 5.97. The molecule has 0 atom stereocenters. The van der Waals surface area contributed by atoms with Crippen LogP contribution in [0.4, 0.5) is 13.2 Å². The number of hydrogen-bond acceptors (Lipinski definition) is 6. The van der Waals surface area contributed by atoms with Gasteiger partial charge in [-0.25, -0.2) is 9.67 Å². The van der Waals surface area contributed by atoms with Gasteiger partial charge in [0.05, 0.1) is 22.5 Å². The van der Waals surface area contributed by atoms with Crippen LogP contribution in [0.15, 0.2) is 78.4 Å². The van der Waals surface area contributed by atoms with Crippen LogP contribution in [-0.4, -0.2) is 31.2 Å². The number of benzene rings is 1. The number of aromatic nitrogens is 4. The second kappa shape index (κ2) is 10.9. The highest BCUT2D eigenvalue weighted by atomic mass is 32.1. The molecule has 1 aromatic carbocycles. The zero-order valence-corrected chi connectivity index (χ0v) is 22.5. The van der Waals surface area contributed by atoms with Gasteiger partial charge in [0.1, 0.15) is 18.1 Å². The van der Waals surface area contributed by atoms with Crippen molar-refractivity contribution in [2.75, 3.05) is 6.54 Å². The molecule has 0 saturated heterocycles. The molecule has 5 aromatic rings. The second-order valence-electron chi connectivity index (χ2n) is 9.68. The van der Waals surface area contributed by atoms with Crippen molar-refractivity contribution in [2.45, 2.75) is 39.2 Å². The Kier molecular flexibility index (Phi) is 7.12. The molecule has 204 valence electrons. The standard InChI is InChI=1S/C30H26F3N5OS/c1-20-24-11-15-37(18-23-5-2-3-13-34-23)17-21(24)8-9-26(20)39-19-22-12-16-40-29(22)25-6-4-7-28(36-25)38-27(10-14-35-38)30(31,32)33/h2-10,12-14,16H,11,15,17-19H2,1H3. The van der Waals surface area contributed by atoms with Crippen LogP contribution in [0, 0.1) is 6.92 Å². The molecule has 6 nitrogen and oxygen atoms in total. The number of fused-ring (bicyclic) bond motifs is 1. The van der Waals surface area contributed by atoms with Crippen LogP contribution in [0.2, 0.25) is 0 Å². The van der Waals surface area contributed by atoms with Crippen molar-refractivity contribution in [1.82, 2.24) is 24.6 Å². The van der Waals surface area contributed by atoms with Gasteiger partial charge >= 0.3 is 6.18 Å². The molecule has 4 aromatic heterocycles. The predicted molar refractivity (Wildman–Crippen MR) is 147 cm³/mol. The van der Waals surface area contributed by atoms with Crippen LogP contribution in [0.1, 0.15) is 33.6 Å². The zero-order valence-electron chi connectivity index (χ0n) is 21.7. The average Bonchev–Trinajstić information content (AvgIpc) is 3.64. The van der Waals surface area contributed by atoms with Gasteiger partial charge in [0.25, 0.3) is 0 Å². The summed E-state index contributed by atoms with van der Waals surface area (Å²) in [6, 6.07) is 18.1. The highest BCUT2D eigenvalue weighted by Crippen LogP contribution is 2.34. The number of thiophene rings is 1. The van der Waals surface area contributed by atoms with Gasteiger partial charge in [-0.05, 0) is 77.9 Å². The maximum absolute atomic E-state index is 13.4. The lowest BCUT2D eigenvalue weighted by atomic mass is 9.94. The van der Waals surface area contributed by atoms with E-state index >= 15 is 0 Å². The summed E-state index contributed by atoms with van der Waals surface area (Å²) in [5.41, 5.74) is 5.48. The van der Waals surface area contributed by atoms with Crippen molar-refractivity contribution in [3.63, 3.8) is 0 Å². The number of nitrogens with zero attached hydrogens (tertiary/aromatic N) is 5. The second-order valence-corrected chi connectivity index (χ2v) is 10.6. The normalized spacial score (nSPS) is 13.8. The molecular weight excluding hydrogens is 535 g/mol. The summed E-state index contributed by atoms with van der Waals surface area (Å²) in [7, 11) is 0. The minimum absolute atomic E-state index is 0.109. The van der Waals surface area contributed by atoms with E-state index in [1.807, 2.05) is 35.8 Å². The van der Waals surface area contributed by atoms with Crippen molar-refractivity contribution in [1.29, 1.82) is 0 Å². The van der Waals surface area contributed by atoms with Crippen LogP contribution in [0.25, 0.3) is 16.4 Å². The Morgan fingerprint density at radius 1 is 1.00 bits per heavy atom. The summed E-state index contributed by atoms with van der Waals surface area (Å²) >= 11 is 1.48. The largest absolute Gasteiger partial charge is 0.489 e. The Bertz CT molecular complexity index is 1630. The molecule has 6 rings (SSSR count). The van der Waals surface area contributed by atoms with Gasteiger partial charge in [-0.15, -0.1) is 11.3 Å². The first kappa shape index (κ1) is 26.2. The minimum Gasteiger partial charge on any atom is -0.489 e. The molecule has 0 bridgehead atoms. The molecule has 1 aliphatic rings. The van der Waals surface area contributed by atoms with E-state index in [-0.39, 0.29) is 5.82 Å². The van der Waals surface area contributed by atoms with E-state index in [1.54, 1.807) is 12.1 Å². The summed E-state index contributed by atoms with van der Waals surface area (Å²) < 4.78 is 47.3. The summed E-state index contributed by atoms with van der Waals surface area (Å²) in [4.78, 5) is 12.2. The first-order valence-corrected chi connectivity index (χ1v) is 13.8. The molecule has 0 amide bonds. The first-order valence-electron chi connectivity index (χ1n) is 12.9. The quantitative estimate of drug-likeness (QED) is 0.217. The fourth-order valence-electron chi connectivity index (χ4n) is 5.09. The monoisotopic (exact) mass is 561 g/mol. The van der Waals surface area contributed by atoms with Gasteiger partial charge in [0, 0.05) is 31.4 Å². The maximum Gasteiger partial charge on any atom is 0.433 e. The summed E-state index contributed by atoms with van der Waals surface area (Å²) in [6.07, 6.45) is -0.629. The van der Waals surface area contributed by atoms with Crippen LogP contribution in [0.5, 0.6) is 5.75 Å². The Hall–Kier alpha value is -4.02. The first-order chi connectivity index (χ1) is 19.4. The van der Waals surface area contributed by atoms with Gasteiger partial charge in [-0.2, -0.15) is 18.3 Å². The van der Waals surface area contributed by atoms with E-state index in [4.69, 9.17) is 4.74 Å². The summed E-state index contributed by atoms with van der Waals surface area (Å²) in [6.45, 7) is 5.08. The molecule has 0 fully saturated rings. The molecule has 0 saturated carbocycles. The highest BCUT2D eigenvalue weighted by Gasteiger charge is 2.35. The lowest BCUT2D eigenvalue weighted by molar-refractivity contribution is -0.142. The number of halogens is 3. The van der Waals surface area contributed by atoms with E-state index < -0.39 is 11.9 Å².